The van der Waals surface area contributed by atoms with Gasteiger partial charge < -0.3 is 15.3 Å². The van der Waals surface area contributed by atoms with Crippen molar-refractivity contribution in [2.45, 2.75) is 77.1 Å². The lowest BCUT2D eigenvalue weighted by atomic mass is 9.46. The fraction of sp³-hybridized carbons (Fsp3) is 0.895. The summed E-state index contributed by atoms with van der Waals surface area (Å²) in [7, 11) is 0. The number of fused-ring (bicyclic) bond motifs is 5. The van der Waals surface area contributed by atoms with Gasteiger partial charge in [-0.25, -0.2) is 0 Å². The van der Waals surface area contributed by atoms with E-state index in [9.17, 15) is 15.3 Å². The van der Waals surface area contributed by atoms with Crippen molar-refractivity contribution < 1.29 is 15.3 Å². The number of rotatable bonds is 0. The van der Waals surface area contributed by atoms with Gasteiger partial charge in [0.1, 0.15) is 6.10 Å². The molecule has 0 aromatic carbocycles. The lowest BCUT2D eigenvalue weighted by Crippen LogP contribution is -2.65. The molecule has 0 saturated heterocycles. The van der Waals surface area contributed by atoms with Crippen molar-refractivity contribution in [3.8, 4) is 0 Å². The molecule has 0 radical (unpaired) electrons. The van der Waals surface area contributed by atoms with E-state index in [4.69, 9.17) is 0 Å². The Kier molecular flexibility index (Phi) is 3.16. The van der Waals surface area contributed by atoms with Gasteiger partial charge >= 0.3 is 0 Å². The van der Waals surface area contributed by atoms with Crippen LogP contribution in [0.25, 0.3) is 0 Å². The van der Waals surface area contributed by atoms with Crippen molar-refractivity contribution in [3.05, 3.63) is 11.6 Å². The molecule has 3 nitrogen and oxygen atoms in total. The normalized spacial score (nSPS) is 53.2. The Bertz CT molecular complexity index is 511. The van der Waals surface area contributed by atoms with Crippen molar-refractivity contribution >= 4 is 0 Å². The molecule has 0 aliphatic heterocycles. The molecule has 0 bridgehead atoms. The zero-order valence-electron chi connectivity index (χ0n) is 13.9. The van der Waals surface area contributed by atoms with E-state index in [1.165, 1.54) is 31.3 Å². The van der Waals surface area contributed by atoms with Gasteiger partial charge in [0, 0.05) is 5.41 Å². The maximum Gasteiger partial charge on any atom is 0.199 e. The summed E-state index contributed by atoms with van der Waals surface area (Å²) in [6.07, 6.45) is 9.87. The molecule has 0 aromatic heterocycles. The molecule has 3 fully saturated rings. The van der Waals surface area contributed by atoms with Gasteiger partial charge in [0.2, 0.25) is 0 Å². The number of allylic oxidation sites excluding steroid dienone is 1. The lowest BCUT2D eigenvalue weighted by Gasteiger charge is -2.61. The second kappa shape index (κ2) is 4.58. The monoisotopic (exact) mass is 306 g/mol. The van der Waals surface area contributed by atoms with Crippen LogP contribution in [0.3, 0.4) is 0 Å². The summed E-state index contributed by atoms with van der Waals surface area (Å²) in [5.41, 5.74) is 0.979. The molecule has 4 rings (SSSR count). The molecule has 3 N–H and O–H groups in total. The van der Waals surface area contributed by atoms with Gasteiger partial charge in [0.15, 0.2) is 5.79 Å². The van der Waals surface area contributed by atoms with Crippen LogP contribution in [0.1, 0.15) is 65.2 Å². The third kappa shape index (κ3) is 1.68. The van der Waals surface area contributed by atoms with Crippen LogP contribution in [0.5, 0.6) is 0 Å². The van der Waals surface area contributed by atoms with Gasteiger partial charge in [0.25, 0.3) is 0 Å². The van der Waals surface area contributed by atoms with E-state index < -0.39 is 17.3 Å². The highest BCUT2D eigenvalue weighted by molar-refractivity contribution is 5.29. The number of aliphatic hydroxyl groups is 3. The van der Waals surface area contributed by atoms with Gasteiger partial charge in [-0.1, -0.05) is 31.9 Å². The van der Waals surface area contributed by atoms with Gasteiger partial charge in [-0.05, 0) is 68.1 Å². The van der Waals surface area contributed by atoms with Crippen LogP contribution >= 0.6 is 0 Å². The predicted molar refractivity (Wildman–Crippen MR) is 84.9 cm³/mol. The van der Waals surface area contributed by atoms with Crippen molar-refractivity contribution in [2.24, 2.45) is 28.6 Å². The average Bonchev–Trinajstić information content (AvgIpc) is 2.86. The standard InChI is InChI=1S/C19H30O3/c1-17-10-3-4-14(17)13-7-5-12-6-8-16(20)19(21,22)18(12,2)15(13)9-11-17/h5,13-16,20-22H,3-4,6-11H2,1-2H3/t13-,14-,15-,16?,17-,18-/m0/s1. The summed E-state index contributed by atoms with van der Waals surface area (Å²) in [6, 6.07) is 0. The zero-order valence-corrected chi connectivity index (χ0v) is 13.9. The van der Waals surface area contributed by atoms with E-state index in [0.29, 0.717) is 23.7 Å². The minimum atomic E-state index is -1.98. The minimum Gasteiger partial charge on any atom is -0.387 e. The Balaban J connectivity index is 1.77. The molecular weight excluding hydrogens is 276 g/mol. The smallest absolute Gasteiger partial charge is 0.199 e. The summed E-state index contributed by atoms with van der Waals surface area (Å²) in [5.74, 6) is -0.407. The van der Waals surface area contributed by atoms with Crippen molar-refractivity contribution in [3.63, 3.8) is 0 Å². The first-order valence-electron chi connectivity index (χ1n) is 9.13. The molecule has 6 atom stereocenters. The molecule has 0 amide bonds. The summed E-state index contributed by atoms with van der Waals surface area (Å²) >= 11 is 0. The largest absolute Gasteiger partial charge is 0.387 e. The third-order valence-electron chi connectivity index (χ3n) is 8.18. The van der Waals surface area contributed by atoms with E-state index in [0.717, 1.165) is 25.2 Å². The second-order valence-corrected chi connectivity index (χ2v) is 8.91. The second-order valence-electron chi connectivity index (χ2n) is 8.91. The number of hydrogen-bond donors (Lipinski definition) is 3. The molecule has 1 unspecified atom stereocenters. The van der Waals surface area contributed by atoms with Crippen LogP contribution in [0.15, 0.2) is 11.6 Å². The first-order valence-corrected chi connectivity index (χ1v) is 9.13. The van der Waals surface area contributed by atoms with Gasteiger partial charge in [-0.3, -0.25) is 0 Å². The van der Waals surface area contributed by atoms with Gasteiger partial charge in [0.05, 0.1) is 0 Å². The van der Waals surface area contributed by atoms with Crippen LogP contribution in [-0.2, 0) is 0 Å². The van der Waals surface area contributed by atoms with Gasteiger partial charge in [-0.2, -0.15) is 0 Å². The molecule has 4 aliphatic rings. The Labute approximate surface area is 133 Å². The zero-order chi connectivity index (χ0) is 15.8. The first-order chi connectivity index (χ1) is 10.3. The van der Waals surface area contributed by atoms with Crippen LogP contribution in [0, 0.1) is 28.6 Å². The highest BCUT2D eigenvalue weighted by atomic mass is 16.5. The van der Waals surface area contributed by atoms with Crippen LogP contribution in [0.2, 0.25) is 0 Å². The Morgan fingerprint density at radius 3 is 2.59 bits per heavy atom. The fourth-order valence-corrected chi connectivity index (χ4v) is 6.77. The Morgan fingerprint density at radius 1 is 1.05 bits per heavy atom. The summed E-state index contributed by atoms with van der Waals surface area (Å²) in [5, 5.41) is 31.9. The average molecular weight is 306 g/mol. The van der Waals surface area contributed by atoms with E-state index in [1.54, 1.807) is 0 Å². The highest BCUT2D eigenvalue weighted by Gasteiger charge is 2.64. The van der Waals surface area contributed by atoms with Crippen molar-refractivity contribution in [1.82, 2.24) is 0 Å². The van der Waals surface area contributed by atoms with Crippen LogP contribution < -0.4 is 0 Å². The number of hydrogen-bond acceptors (Lipinski definition) is 3. The van der Waals surface area contributed by atoms with Crippen molar-refractivity contribution in [2.75, 3.05) is 0 Å². The molecule has 3 heteroatoms. The predicted octanol–water partition coefficient (Wildman–Crippen LogP) is 2.99. The van der Waals surface area contributed by atoms with E-state index in [2.05, 4.69) is 13.0 Å². The van der Waals surface area contributed by atoms with Crippen LogP contribution in [-0.4, -0.2) is 27.2 Å². The van der Waals surface area contributed by atoms with E-state index in [-0.39, 0.29) is 0 Å². The molecular formula is C19H30O3. The van der Waals surface area contributed by atoms with Gasteiger partial charge in [-0.15, -0.1) is 0 Å². The molecule has 4 aliphatic carbocycles. The van der Waals surface area contributed by atoms with E-state index in [1.807, 2.05) is 6.92 Å². The fourth-order valence-electron chi connectivity index (χ4n) is 6.77. The van der Waals surface area contributed by atoms with E-state index >= 15 is 0 Å². The minimum absolute atomic E-state index is 0.300. The maximum atomic E-state index is 10.8. The quantitative estimate of drug-likeness (QED) is 0.476. The topological polar surface area (TPSA) is 60.7 Å². The Morgan fingerprint density at radius 2 is 1.82 bits per heavy atom. The molecule has 124 valence electrons. The van der Waals surface area contributed by atoms with Crippen molar-refractivity contribution in [1.29, 1.82) is 0 Å². The number of aliphatic hydroxyl groups excluding tert-OH is 1. The molecule has 0 heterocycles. The SMILES string of the molecule is C[C@@]12CCC[C@H]1[C@@H]1CC=C3CCC(O)C(O)(O)[C@]3(C)[C@H]1CC2. The highest BCUT2D eigenvalue weighted by Crippen LogP contribution is 2.66. The summed E-state index contributed by atoms with van der Waals surface area (Å²) in [6.45, 7) is 4.46. The first kappa shape index (κ1) is 15.2. The molecule has 0 aromatic rings. The maximum absolute atomic E-state index is 10.8. The van der Waals surface area contributed by atoms with Crippen LogP contribution in [0.4, 0.5) is 0 Å². The Hall–Kier alpha value is -0.380. The summed E-state index contributed by atoms with van der Waals surface area (Å²) < 4.78 is 0. The molecule has 3 saturated carbocycles. The molecule has 22 heavy (non-hydrogen) atoms. The summed E-state index contributed by atoms with van der Waals surface area (Å²) in [4.78, 5) is 0. The molecule has 0 spiro atoms. The third-order valence-corrected chi connectivity index (χ3v) is 8.18. The lowest BCUT2D eigenvalue weighted by molar-refractivity contribution is -0.311.